The van der Waals surface area contributed by atoms with E-state index >= 15 is 0 Å². The van der Waals surface area contributed by atoms with Crippen LogP contribution in [-0.2, 0) is 16.5 Å². The molecule has 0 saturated heterocycles. The minimum atomic E-state index is -4.06. The predicted molar refractivity (Wildman–Crippen MR) is 99.0 cm³/mol. The first-order valence-electron chi connectivity index (χ1n) is 8.60. The van der Waals surface area contributed by atoms with Crippen molar-refractivity contribution in [1.29, 1.82) is 0 Å². The molecule has 3 nitrogen and oxygen atoms in total. The summed E-state index contributed by atoms with van der Waals surface area (Å²) >= 11 is 0. The Morgan fingerprint density at radius 2 is 1.22 bits per heavy atom. The van der Waals surface area contributed by atoms with Gasteiger partial charge in [-0.05, 0) is 30.5 Å². The maximum absolute atomic E-state index is 10.9. The van der Waals surface area contributed by atoms with Crippen molar-refractivity contribution in [2.75, 3.05) is 0 Å². The number of unbranched alkanes of at least 4 members (excludes halogenated alkanes) is 9. The Morgan fingerprint density at radius 1 is 0.783 bits per heavy atom. The van der Waals surface area contributed by atoms with Gasteiger partial charge in [-0.25, -0.2) is 0 Å². The van der Waals surface area contributed by atoms with Crippen LogP contribution in [0.15, 0.2) is 29.2 Å². The van der Waals surface area contributed by atoms with Gasteiger partial charge in [0.05, 0.1) is 4.90 Å². The molecule has 0 spiro atoms. The zero-order valence-electron chi connectivity index (χ0n) is 13.8. The average molecular weight is 350 g/mol. The number of aryl methyl sites for hydroxylation is 1. The van der Waals surface area contributed by atoms with E-state index in [1.807, 2.05) is 0 Å². The third kappa shape index (κ3) is 11.3. The van der Waals surface area contributed by atoms with Gasteiger partial charge in [-0.1, -0.05) is 76.8 Å². The van der Waals surface area contributed by atoms with E-state index in [0.717, 1.165) is 18.4 Å². The second-order valence-corrected chi connectivity index (χ2v) is 7.47. The molecule has 0 aliphatic rings. The van der Waals surface area contributed by atoms with Crippen molar-refractivity contribution in [3.63, 3.8) is 0 Å². The van der Waals surface area contributed by atoms with Crippen LogP contribution in [0.3, 0.4) is 0 Å². The van der Waals surface area contributed by atoms with Crippen molar-refractivity contribution in [3.8, 4) is 0 Å². The van der Waals surface area contributed by atoms with E-state index in [0.29, 0.717) is 0 Å². The predicted octanol–water partition coefficient (Wildman–Crippen LogP) is 4.75. The van der Waals surface area contributed by atoms with Crippen molar-refractivity contribution in [3.05, 3.63) is 29.8 Å². The Bertz CT molecular complexity index is 498. The number of rotatable bonds is 12. The molecule has 1 aromatic rings. The van der Waals surface area contributed by atoms with Crippen LogP contribution in [0.5, 0.6) is 0 Å². The molecule has 1 aromatic carbocycles. The van der Waals surface area contributed by atoms with Gasteiger partial charge in [-0.15, -0.1) is 0 Å². The molecule has 0 atom stereocenters. The summed E-state index contributed by atoms with van der Waals surface area (Å²) in [7, 11) is -4.06. The van der Waals surface area contributed by atoms with E-state index in [1.165, 1.54) is 69.9 Å². The van der Waals surface area contributed by atoms with Crippen LogP contribution in [0.2, 0.25) is 0 Å². The molecular formula is C18H31NaO3S. The molecule has 0 heterocycles. The summed E-state index contributed by atoms with van der Waals surface area (Å²) < 4.78 is 30.8. The van der Waals surface area contributed by atoms with Crippen LogP contribution in [0.1, 0.15) is 76.7 Å². The Balaban J connectivity index is 0.00000484. The van der Waals surface area contributed by atoms with Gasteiger partial charge in [0.15, 0.2) is 0 Å². The SMILES string of the molecule is CCCCCCCCCCCCc1ccc(S(=O)(=O)O)cc1.[NaH]. The third-order valence-electron chi connectivity index (χ3n) is 4.04. The van der Waals surface area contributed by atoms with Gasteiger partial charge in [-0.2, -0.15) is 8.42 Å². The molecule has 128 valence electrons. The van der Waals surface area contributed by atoms with E-state index in [9.17, 15) is 8.42 Å². The molecule has 5 heteroatoms. The molecule has 1 rings (SSSR count). The summed E-state index contributed by atoms with van der Waals surface area (Å²) in [4.78, 5) is -0.0284. The zero-order valence-corrected chi connectivity index (χ0v) is 14.6. The van der Waals surface area contributed by atoms with Crippen LogP contribution < -0.4 is 0 Å². The molecule has 0 aliphatic carbocycles. The van der Waals surface area contributed by atoms with E-state index in [1.54, 1.807) is 12.1 Å². The number of hydrogen-bond acceptors (Lipinski definition) is 2. The summed E-state index contributed by atoms with van der Waals surface area (Å²) in [5.41, 5.74) is 1.13. The molecule has 0 fully saturated rings. The maximum atomic E-state index is 10.9. The summed E-state index contributed by atoms with van der Waals surface area (Å²) in [5.74, 6) is 0. The van der Waals surface area contributed by atoms with Gasteiger partial charge >= 0.3 is 29.6 Å². The van der Waals surface area contributed by atoms with Gasteiger partial charge in [0.25, 0.3) is 10.1 Å². The van der Waals surface area contributed by atoms with E-state index < -0.39 is 10.1 Å². The Kier molecular flexibility index (Phi) is 13.5. The van der Waals surface area contributed by atoms with Crippen molar-refractivity contribution in [2.24, 2.45) is 0 Å². The molecule has 0 aromatic heterocycles. The molecule has 23 heavy (non-hydrogen) atoms. The normalized spacial score (nSPS) is 11.2. The molecule has 0 amide bonds. The molecule has 0 bridgehead atoms. The van der Waals surface area contributed by atoms with Crippen molar-refractivity contribution in [1.82, 2.24) is 0 Å². The van der Waals surface area contributed by atoms with Gasteiger partial charge in [0, 0.05) is 0 Å². The van der Waals surface area contributed by atoms with E-state index in [4.69, 9.17) is 4.55 Å². The van der Waals surface area contributed by atoms with Gasteiger partial charge in [0.2, 0.25) is 0 Å². The summed E-state index contributed by atoms with van der Waals surface area (Å²) in [6.45, 7) is 2.25. The molecular weight excluding hydrogens is 319 g/mol. The van der Waals surface area contributed by atoms with Crippen LogP contribution >= 0.6 is 0 Å². The fourth-order valence-corrected chi connectivity index (χ4v) is 3.12. The molecule has 0 radical (unpaired) electrons. The monoisotopic (exact) mass is 350 g/mol. The number of hydrogen-bond donors (Lipinski definition) is 1. The molecule has 1 N–H and O–H groups in total. The average Bonchev–Trinajstić information content (AvgIpc) is 2.49. The topological polar surface area (TPSA) is 54.4 Å². The first-order chi connectivity index (χ1) is 10.5. The second kappa shape index (κ2) is 13.4. The first-order valence-corrected chi connectivity index (χ1v) is 10.0. The second-order valence-electron chi connectivity index (χ2n) is 6.05. The molecule has 0 aliphatic heterocycles. The van der Waals surface area contributed by atoms with Crippen molar-refractivity contribution >= 4 is 39.7 Å². The summed E-state index contributed by atoms with van der Waals surface area (Å²) in [6.07, 6.45) is 14.1. The fraction of sp³-hybridized carbons (Fsp3) is 0.667. The van der Waals surface area contributed by atoms with Crippen LogP contribution in [0.4, 0.5) is 0 Å². The molecule has 0 saturated carbocycles. The third-order valence-corrected chi connectivity index (χ3v) is 4.91. The van der Waals surface area contributed by atoms with E-state index in [2.05, 4.69) is 6.92 Å². The minimum absolute atomic E-state index is 0. The summed E-state index contributed by atoms with van der Waals surface area (Å²) in [5, 5.41) is 0. The van der Waals surface area contributed by atoms with Gasteiger partial charge in [-0.3, -0.25) is 4.55 Å². The quantitative estimate of drug-likeness (QED) is 0.336. The van der Waals surface area contributed by atoms with Crippen molar-refractivity contribution in [2.45, 2.75) is 82.4 Å². The fourth-order valence-electron chi connectivity index (χ4n) is 2.64. The number of benzene rings is 1. The Labute approximate surface area is 164 Å². The van der Waals surface area contributed by atoms with E-state index in [-0.39, 0.29) is 34.5 Å². The molecule has 0 unspecified atom stereocenters. The standard InChI is InChI=1S/C18H30O3S.Na.H/c1-2-3-4-5-6-7-8-9-10-11-12-17-13-15-18(16-14-17)22(19,20)21;;/h13-16H,2-12H2,1H3,(H,19,20,21);;. The Morgan fingerprint density at radius 3 is 1.65 bits per heavy atom. The first kappa shape index (κ1) is 23.1. The van der Waals surface area contributed by atoms with Crippen LogP contribution in [0.25, 0.3) is 0 Å². The van der Waals surface area contributed by atoms with Crippen molar-refractivity contribution < 1.29 is 13.0 Å². The van der Waals surface area contributed by atoms with Crippen LogP contribution in [-0.4, -0.2) is 42.5 Å². The van der Waals surface area contributed by atoms with Crippen LogP contribution in [0, 0.1) is 0 Å². The van der Waals surface area contributed by atoms with Gasteiger partial charge in [0.1, 0.15) is 0 Å². The Hall–Kier alpha value is 0.130. The summed E-state index contributed by atoms with van der Waals surface area (Å²) in [6, 6.07) is 6.52. The van der Waals surface area contributed by atoms with Gasteiger partial charge < -0.3 is 0 Å². The zero-order chi connectivity index (χ0) is 16.3.